The molecule has 1 amide bonds. The van der Waals surface area contributed by atoms with Crippen molar-refractivity contribution in [1.29, 1.82) is 0 Å². The van der Waals surface area contributed by atoms with E-state index in [1.165, 1.54) is 12.1 Å². The number of alkyl halides is 3. The lowest BCUT2D eigenvalue weighted by atomic mass is 10.1. The van der Waals surface area contributed by atoms with E-state index in [9.17, 15) is 18.0 Å². The second-order valence-corrected chi connectivity index (χ2v) is 5.13. The smallest absolute Gasteiger partial charge is 0.375 e. The first-order valence-corrected chi connectivity index (χ1v) is 7.19. The second-order valence-electron chi connectivity index (χ2n) is 5.13. The number of ether oxygens (including phenoxy) is 1. The Morgan fingerprint density at radius 3 is 2.59 bits per heavy atom. The zero-order valence-corrected chi connectivity index (χ0v) is 12.2. The van der Waals surface area contributed by atoms with Gasteiger partial charge in [-0.05, 0) is 17.7 Å². The molecule has 1 aliphatic rings. The van der Waals surface area contributed by atoms with Crippen molar-refractivity contribution in [2.45, 2.75) is 19.2 Å². The molecule has 0 saturated carbocycles. The van der Waals surface area contributed by atoms with E-state index in [1.54, 1.807) is 4.90 Å². The van der Waals surface area contributed by atoms with Crippen LogP contribution in [-0.2, 0) is 22.3 Å². The molecule has 4 nitrogen and oxygen atoms in total. The summed E-state index contributed by atoms with van der Waals surface area (Å²) in [5.41, 5.74) is 0.00998. The van der Waals surface area contributed by atoms with Crippen LogP contribution in [0.25, 0.3) is 0 Å². The van der Waals surface area contributed by atoms with E-state index in [2.05, 4.69) is 5.32 Å². The van der Waals surface area contributed by atoms with Crippen LogP contribution in [0.15, 0.2) is 24.3 Å². The number of carbonyl (C=O) groups excluding carboxylic acids is 1. The van der Waals surface area contributed by atoms with Crippen molar-refractivity contribution in [2.75, 3.05) is 32.8 Å². The first-order chi connectivity index (χ1) is 10.5. The van der Waals surface area contributed by atoms with Gasteiger partial charge in [-0.15, -0.1) is 0 Å². The standard InChI is InChI=1S/C15H19F3N2O2/c16-15(17,18)13-3-1-12(2-4-13)11-22-10-9-20-8-7-19-6-5-14(20)21/h1-4,19H,5-11H2. The summed E-state index contributed by atoms with van der Waals surface area (Å²) in [6.07, 6.45) is -3.83. The molecule has 1 aromatic rings. The average molecular weight is 316 g/mol. The van der Waals surface area contributed by atoms with Gasteiger partial charge < -0.3 is 15.0 Å². The molecule has 1 fully saturated rings. The Hall–Kier alpha value is -1.60. The van der Waals surface area contributed by atoms with Crippen LogP contribution in [0.4, 0.5) is 13.2 Å². The van der Waals surface area contributed by atoms with Crippen LogP contribution in [0.1, 0.15) is 17.5 Å². The number of hydrogen-bond acceptors (Lipinski definition) is 3. The molecule has 0 unspecified atom stereocenters. The molecule has 0 aromatic heterocycles. The van der Waals surface area contributed by atoms with Gasteiger partial charge in [-0.25, -0.2) is 0 Å². The number of hydrogen-bond donors (Lipinski definition) is 1. The summed E-state index contributed by atoms with van der Waals surface area (Å²) < 4.78 is 42.7. The topological polar surface area (TPSA) is 41.6 Å². The van der Waals surface area contributed by atoms with E-state index in [4.69, 9.17) is 4.74 Å². The van der Waals surface area contributed by atoms with E-state index in [1.807, 2.05) is 0 Å². The average Bonchev–Trinajstić information content (AvgIpc) is 2.68. The highest BCUT2D eigenvalue weighted by molar-refractivity contribution is 5.76. The maximum atomic E-state index is 12.4. The van der Waals surface area contributed by atoms with Crippen molar-refractivity contribution in [1.82, 2.24) is 10.2 Å². The van der Waals surface area contributed by atoms with Crippen LogP contribution in [0.2, 0.25) is 0 Å². The minimum Gasteiger partial charge on any atom is -0.375 e. The lowest BCUT2D eigenvalue weighted by Gasteiger charge is -2.20. The predicted molar refractivity (Wildman–Crippen MR) is 75.2 cm³/mol. The first-order valence-electron chi connectivity index (χ1n) is 7.19. The third-order valence-electron chi connectivity index (χ3n) is 3.48. The van der Waals surface area contributed by atoms with Crippen LogP contribution in [-0.4, -0.2) is 43.6 Å². The van der Waals surface area contributed by atoms with Gasteiger partial charge in [0.25, 0.3) is 0 Å². The zero-order chi connectivity index (χ0) is 16.0. The van der Waals surface area contributed by atoms with Gasteiger partial charge in [0.2, 0.25) is 5.91 Å². The first kappa shape index (κ1) is 16.8. The molecule has 7 heteroatoms. The summed E-state index contributed by atoms with van der Waals surface area (Å²) in [6, 6.07) is 4.90. The van der Waals surface area contributed by atoms with Gasteiger partial charge in [0.05, 0.1) is 18.8 Å². The van der Waals surface area contributed by atoms with Gasteiger partial charge in [0.15, 0.2) is 0 Å². The van der Waals surface area contributed by atoms with E-state index in [0.717, 1.165) is 18.7 Å². The monoisotopic (exact) mass is 316 g/mol. The molecule has 0 spiro atoms. The SMILES string of the molecule is O=C1CCNCCN1CCOCc1ccc(C(F)(F)F)cc1. The van der Waals surface area contributed by atoms with Crippen LogP contribution in [0.5, 0.6) is 0 Å². The minimum atomic E-state index is -4.32. The van der Waals surface area contributed by atoms with E-state index < -0.39 is 11.7 Å². The summed E-state index contributed by atoms with van der Waals surface area (Å²) in [7, 11) is 0. The molecule has 0 bridgehead atoms. The van der Waals surface area contributed by atoms with Crippen molar-refractivity contribution in [3.05, 3.63) is 35.4 Å². The second kappa shape index (κ2) is 7.60. The Bertz CT molecular complexity index is 489. The molecule has 1 aliphatic heterocycles. The number of amides is 1. The van der Waals surface area contributed by atoms with E-state index in [0.29, 0.717) is 38.2 Å². The van der Waals surface area contributed by atoms with Gasteiger partial charge in [-0.2, -0.15) is 13.2 Å². The predicted octanol–water partition coefficient (Wildman–Crippen LogP) is 2.04. The molecule has 1 saturated heterocycles. The molecule has 22 heavy (non-hydrogen) atoms. The van der Waals surface area contributed by atoms with Crippen molar-refractivity contribution in [2.24, 2.45) is 0 Å². The van der Waals surface area contributed by atoms with Crippen molar-refractivity contribution in [3.63, 3.8) is 0 Å². The number of nitrogens with one attached hydrogen (secondary N) is 1. The summed E-state index contributed by atoms with van der Waals surface area (Å²) in [5.74, 6) is 0.100. The third-order valence-corrected chi connectivity index (χ3v) is 3.48. The molecule has 0 aliphatic carbocycles. The fourth-order valence-electron chi connectivity index (χ4n) is 2.21. The quantitative estimate of drug-likeness (QED) is 0.845. The van der Waals surface area contributed by atoms with Crippen LogP contribution >= 0.6 is 0 Å². The molecule has 1 aromatic carbocycles. The van der Waals surface area contributed by atoms with Crippen LogP contribution in [0, 0.1) is 0 Å². The summed E-state index contributed by atoms with van der Waals surface area (Å²) in [6.45, 7) is 3.22. The molecular formula is C15H19F3N2O2. The van der Waals surface area contributed by atoms with Gasteiger partial charge in [-0.3, -0.25) is 4.79 Å². The molecular weight excluding hydrogens is 297 g/mol. The number of rotatable bonds is 5. The summed E-state index contributed by atoms with van der Waals surface area (Å²) in [4.78, 5) is 13.5. The van der Waals surface area contributed by atoms with Gasteiger partial charge in [0.1, 0.15) is 0 Å². The fourth-order valence-corrected chi connectivity index (χ4v) is 2.21. The molecule has 1 heterocycles. The highest BCUT2D eigenvalue weighted by Gasteiger charge is 2.29. The zero-order valence-electron chi connectivity index (χ0n) is 12.2. The number of halogens is 3. The Kier molecular flexibility index (Phi) is 5.79. The highest BCUT2D eigenvalue weighted by atomic mass is 19.4. The highest BCUT2D eigenvalue weighted by Crippen LogP contribution is 2.29. The van der Waals surface area contributed by atoms with Crippen molar-refractivity contribution >= 4 is 5.91 Å². The van der Waals surface area contributed by atoms with Gasteiger partial charge >= 0.3 is 6.18 Å². The van der Waals surface area contributed by atoms with Crippen LogP contribution in [0.3, 0.4) is 0 Å². The lowest BCUT2D eigenvalue weighted by molar-refractivity contribution is -0.137. The molecule has 122 valence electrons. The molecule has 0 radical (unpaired) electrons. The fraction of sp³-hybridized carbons (Fsp3) is 0.533. The molecule has 0 atom stereocenters. The normalized spacial score (nSPS) is 16.7. The van der Waals surface area contributed by atoms with Crippen LogP contribution < -0.4 is 5.32 Å². The Balaban J connectivity index is 1.73. The van der Waals surface area contributed by atoms with Gasteiger partial charge in [0, 0.05) is 32.6 Å². The maximum absolute atomic E-state index is 12.4. The third kappa shape index (κ3) is 4.99. The number of nitrogens with zero attached hydrogens (tertiary/aromatic N) is 1. The number of benzene rings is 1. The summed E-state index contributed by atoms with van der Waals surface area (Å²) >= 11 is 0. The molecule has 1 N–H and O–H groups in total. The maximum Gasteiger partial charge on any atom is 0.416 e. The van der Waals surface area contributed by atoms with Gasteiger partial charge in [-0.1, -0.05) is 12.1 Å². The van der Waals surface area contributed by atoms with Crippen molar-refractivity contribution in [3.8, 4) is 0 Å². The Labute approximate surface area is 127 Å². The van der Waals surface area contributed by atoms with Crippen molar-refractivity contribution < 1.29 is 22.7 Å². The largest absolute Gasteiger partial charge is 0.416 e. The lowest BCUT2D eigenvalue weighted by Crippen LogP contribution is -2.35. The van der Waals surface area contributed by atoms with E-state index >= 15 is 0 Å². The Morgan fingerprint density at radius 2 is 1.91 bits per heavy atom. The summed E-state index contributed by atoms with van der Waals surface area (Å²) in [5, 5.41) is 3.15. The Morgan fingerprint density at radius 1 is 1.18 bits per heavy atom. The van der Waals surface area contributed by atoms with E-state index in [-0.39, 0.29) is 12.5 Å². The minimum absolute atomic E-state index is 0.100. The molecule has 2 rings (SSSR count). The number of carbonyl (C=O) groups is 1.